The van der Waals surface area contributed by atoms with Gasteiger partial charge in [0.25, 0.3) is 0 Å². The lowest BCUT2D eigenvalue weighted by Crippen LogP contribution is -2.48. The Balaban J connectivity index is 1.99. The van der Waals surface area contributed by atoms with E-state index in [9.17, 15) is 8.42 Å². The molecular weight excluding hydrogens is 292 g/mol. The van der Waals surface area contributed by atoms with Gasteiger partial charge in [0.2, 0.25) is 10.0 Å². The van der Waals surface area contributed by atoms with Crippen LogP contribution in [0.2, 0.25) is 0 Å². The minimum absolute atomic E-state index is 0.105. The predicted molar refractivity (Wildman–Crippen MR) is 68.0 cm³/mol. The molecule has 2 rings (SSSR count). The lowest BCUT2D eigenvalue weighted by molar-refractivity contribution is 0.399. The van der Waals surface area contributed by atoms with Gasteiger partial charge in [-0.05, 0) is 37.2 Å². The SMILES string of the molecule is O=S(=O)(CC1CCN1)Nc1ccc(Br)cc1. The zero-order valence-electron chi connectivity index (χ0n) is 8.61. The summed E-state index contributed by atoms with van der Waals surface area (Å²) < 4.78 is 26.9. The van der Waals surface area contributed by atoms with E-state index >= 15 is 0 Å². The van der Waals surface area contributed by atoms with E-state index in [-0.39, 0.29) is 11.8 Å². The molecule has 16 heavy (non-hydrogen) atoms. The van der Waals surface area contributed by atoms with Crippen LogP contribution in [-0.2, 0) is 10.0 Å². The van der Waals surface area contributed by atoms with Gasteiger partial charge in [-0.25, -0.2) is 8.42 Å². The minimum atomic E-state index is -3.24. The molecule has 0 aromatic heterocycles. The van der Waals surface area contributed by atoms with Crippen LogP contribution < -0.4 is 10.0 Å². The highest BCUT2D eigenvalue weighted by molar-refractivity contribution is 9.10. The van der Waals surface area contributed by atoms with Crippen molar-refractivity contribution >= 4 is 31.6 Å². The smallest absolute Gasteiger partial charge is 0.234 e. The highest BCUT2D eigenvalue weighted by Crippen LogP contribution is 2.16. The molecule has 0 radical (unpaired) electrons. The van der Waals surface area contributed by atoms with Gasteiger partial charge < -0.3 is 5.32 Å². The summed E-state index contributed by atoms with van der Waals surface area (Å²) in [5.74, 6) is 0.142. The van der Waals surface area contributed by atoms with Gasteiger partial charge in [-0.3, -0.25) is 4.72 Å². The van der Waals surface area contributed by atoms with Crippen LogP contribution in [0, 0.1) is 0 Å². The molecule has 6 heteroatoms. The number of hydrogen-bond donors (Lipinski definition) is 2. The Bertz CT molecular complexity index is 454. The summed E-state index contributed by atoms with van der Waals surface area (Å²) in [4.78, 5) is 0. The lowest BCUT2D eigenvalue weighted by Gasteiger charge is -2.27. The van der Waals surface area contributed by atoms with Crippen molar-refractivity contribution in [1.82, 2.24) is 5.32 Å². The third-order valence-corrected chi connectivity index (χ3v) is 4.38. The highest BCUT2D eigenvalue weighted by atomic mass is 79.9. The van der Waals surface area contributed by atoms with Crippen LogP contribution in [0.15, 0.2) is 28.7 Å². The first kappa shape index (κ1) is 11.9. The number of hydrogen-bond acceptors (Lipinski definition) is 3. The molecule has 1 aromatic carbocycles. The quantitative estimate of drug-likeness (QED) is 0.887. The Hall–Kier alpha value is -0.590. The van der Waals surface area contributed by atoms with Crippen LogP contribution in [0.25, 0.3) is 0 Å². The van der Waals surface area contributed by atoms with Crippen molar-refractivity contribution < 1.29 is 8.42 Å². The van der Waals surface area contributed by atoms with Crippen LogP contribution in [0.4, 0.5) is 5.69 Å². The maximum absolute atomic E-state index is 11.7. The van der Waals surface area contributed by atoms with Gasteiger partial charge in [-0.1, -0.05) is 15.9 Å². The first-order valence-corrected chi connectivity index (χ1v) is 7.49. The van der Waals surface area contributed by atoms with E-state index in [0.29, 0.717) is 5.69 Å². The fourth-order valence-electron chi connectivity index (χ4n) is 1.49. The summed E-state index contributed by atoms with van der Waals surface area (Å²) in [7, 11) is -3.24. The van der Waals surface area contributed by atoms with Crippen molar-refractivity contribution in [2.24, 2.45) is 0 Å². The Morgan fingerprint density at radius 2 is 2.00 bits per heavy atom. The molecule has 0 spiro atoms. The first-order valence-electron chi connectivity index (χ1n) is 5.05. The molecular formula is C10H13BrN2O2S. The molecule has 0 bridgehead atoms. The van der Waals surface area contributed by atoms with Gasteiger partial charge in [0.15, 0.2) is 0 Å². The molecule has 1 atom stereocenters. The molecule has 2 N–H and O–H groups in total. The second-order valence-electron chi connectivity index (χ2n) is 3.83. The number of halogens is 1. The maximum atomic E-state index is 11.7. The lowest BCUT2D eigenvalue weighted by atomic mass is 10.1. The second-order valence-corrected chi connectivity index (χ2v) is 6.51. The van der Waals surface area contributed by atoms with Gasteiger partial charge >= 0.3 is 0 Å². The van der Waals surface area contributed by atoms with Gasteiger partial charge in [0.05, 0.1) is 5.75 Å². The van der Waals surface area contributed by atoms with E-state index in [1.807, 2.05) is 0 Å². The highest BCUT2D eigenvalue weighted by Gasteiger charge is 2.23. The Kier molecular flexibility index (Phi) is 3.51. The zero-order valence-corrected chi connectivity index (χ0v) is 11.0. The van der Waals surface area contributed by atoms with Crippen LogP contribution in [0.5, 0.6) is 0 Å². The fraction of sp³-hybridized carbons (Fsp3) is 0.400. The minimum Gasteiger partial charge on any atom is -0.313 e. The summed E-state index contributed by atoms with van der Waals surface area (Å²) in [6.45, 7) is 0.915. The predicted octanol–water partition coefficient (Wildman–Crippen LogP) is 1.55. The zero-order chi connectivity index (χ0) is 11.6. The normalized spacial score (nSPS) is 20.2. The molecule has 1 heterocycles. The molecule has 1 unspecified atom stereocenters. The molecule has 88 valence electrons. The van der Waals surface area contributed by atoms with Crippen LogP contribution >= 0.6 is 15.9 Å². The molecule has 1 aliphatic heterocycles. The van der Waals surface area contributed by atoms with Gasteiger partial charge in [0.1, 0.15) is 0 Å². The first-order chi connectivity index (χ1) is 7.55. The van der Waals surface area contributed by atoms with E-state index in [1.54, 1.807) is 24.3 Å². The molecule has 1 aromatic rings. The van der Waals surface area contributed by atoms with Gasteiger partial charge in [0, 0.05) is 16.2 Å². The monoisotopic (exact) mass is 304 g/mol. The Morgan fingerprint density at radius 3 is 2.50 bits per heavy atom. The summed E-state index contributed by atoms with van der Waals surface area (Å²) in [5, 5.41) is 3.07. The number of benzene rings is 1. The maximum Gasteiger partial charge on any atom is 0.234 e. The van der Waals surface area contributed by atoms with Crippen molar-refractivity contribution in [3.8, 4) is 0 Å². The van der Waals surface area contributed by atoms with E-state index in [0.717, 1.165) is 17.4 Å². The van der Waals surface area contributed by atoms with Gasteiger partial charge in [-0.15, -0.1) is 0 Å². The average molecular weight is 305 g/mol. The van der Waals surface area contributed by atoms with Crippen molar-refractivity contribution in [2.45, 2.75) is 12.5 Å². The number of nitrogens with one attached hydrogen (secondary N) is 2. The third-order valence-electron chi connectivity index (χ3n) is 2.46. The Labute approximate surface area is 104 Å². The second kappa shape index (κ2) is 4.73. The molecule has 1 fully saturated rings. The van der Waals surface area contributed by atoms with E-state index in [1.165, 1.54) is 0 Å². The van der Waals surface area contributed by atoms with Crippen LogP contribution in [-0.4, -0.2) is 26.8 Å². The summed E-state index contributed by atoms with van der Waals surface area (Å²) in [6.07, 6.45) is 0.932. The molecule has 0 amide bonds. The molecule has 1 saturated heterocycles. The van der Waals surface area contributed by atoms with E-state index < -0.39 is 10.0 Å². The average Bonchev–Trinajstić information content (AvgIpc) is 2.16. The summed E-state index contributed by atoms with van der Waals surface area (Å²) in [5.41, 5.74) is 0.600. The van der Waals surface area contributed by atoms with E-state index in [2.05, 4.69) is 26.0 Å². The van der Waals surface area contributed by atoms with Crippen molar-refractivity contribution in [2.75, 3.05) is 17.0 Å². The molecule has 4 nitrogen and oxygen atoms in total. The largest absolute Gasteiger partial charge is 0.313 e. The third kappa shape index (κ3) is 3.20. The van der Waals surface area contributed by atoms with Crippen LogP contribution in [0.3, 0.4) is 0 Å². The fourth-order valence-corrected chi connectivity index (χ4v) is 3.15. The van der Waals surface area contributed by atoms with Crippen molar-refractivity contribution in [3.05, 3.63) is 28.7 Å². The molecule has 1 aliphatic rings. The number of rotatable bonds is 4. The van der Waals surface area contributed by atoms with E-state index in [4.69, 9.17) is 0 Å². The number of sulfonamides is 1. The van der Waals surface area contributed by atoms with Crippen LogP contribution in [0.1, 0.15) is 6.42 Å². The van der Waals surface area contributed by atoms with Gasteiger partial charge in [-0.2, -0.15) is 0 Å². The Morgan fingerprint density at radius 1 is 1.38 bits per heavy atom. The summed E-state index contributed by atoms with van der Waals surface area (Å²) >= 11 is 3.30. The van der Waals surface area contributed by atoms with Crippen molar-refractivity contribution in [1.29, 1.82) is 0 Å². The van der Waals surface area contributed by atoms with Crippen molar-refractivity contribution in [3.63, 3.8) is 0 Å². The topological polar surface area (TPSA) is 58.2 Å². The standard InChI is InChI=1S/C10H13BrN2O2S/c11-8-1-3-9(4-2-8)13-16(14,15)7-10-5-6-12-10/h1-4,10,12-13H,5-7H2. The molecule has 0 saturated carbocycles. The summed E-state index contributed by atoms with van der Waals surface area (Å²) in [6, 6.07) is 7.18. The molecule has 0 aliphatic carbocycles. The number of anilines is 1.